The molecule has 32 heavy (non-hydrogen) atoms. The molecule has 1 N–H and O–H groups in total. The van der Waals surface area contributed by atoms with Crippen molar-refractivity contribution in [2.75, 3.05) is 0 Å². The molecule has 9 heteroatoms. The van der Waals surface area contributed by atoms with Crippen molar-refractivity contribution in [1.82, 2.24) is 4.98 Å². The molecular weight excluding hydrogens is 493 g/mol. The Morgan fingerprint density at radius 2 is 1.72 bits per heavy atom. The number of rotatable bonds is 8. The average molecular weight is 513 g/mol. The van der Waals surface area contributed by atoms with Crippen LogP contribution in [0.15, 0.2) is 36.4 Å². The summed E-state index contributed by atoms with van der Waals surface area (Å²) in [6.45, 7) is 4.65. The fourth-order valence-electron chi connectivity index (χ4n) is 2.89. The number of aromatic nitrogens is 1. The Balaban J connectivity index is 1.73. The highest BCUT2D eigenvalue weighted by atomic mass is 35.5. The van der Waals surface area contributed by atoms with Crippen LogP contribution in [0.4, 0.5) is 0 Å². The Labute approximate surface area is 204 Å². The highest BCUT2D eigenvalue weighted by Gasteiger charge is 2.30. The van der Waals surface area contributed by atoms with Crippen molar-refractivity contribution in [1.29, 1.82) is 0 Å². The molecule has 0 aliphatic heterocycles. The van der Waals surface area contributed by atoms with Gasteiger partial charge in [-0.05, 0) is 51.0 Å². The van der Waals surface area contributed by atoms with Gasteiger partial charge in [-0.2, -0.15) is 0 Å². The Hall–Kier alpha value is -2.12. The fourth-order valence-corrected chi connectivity index (χ4v) is 4.53. The molecule has 3 rings (SSSR count). The number of benzene rings is 2. The molecule has 1 aromatic heterocycles. The number of carboxylic acids is 1. The predicted octanol–water partition coefficient (Wildman–Crippen LogP) is 7.14. The SMILES string of the molecule is Cc1nc(-c2ccc(Cl)cc2)sc1C(=O)CCc1ccc(OC(C)(C)C(=O)O)c(Cl)c1Cl. The predicted molar refractivity (Wildman–Crippen MR) is 129 cm³/mol. The molecule has 0 aliphatic carbocycles. The Bertz CT molecular complexity index is 1170. The second kappa shape index (κ2) is 9.79. The van der Waals surface area contributed by atoms with E-state index in [-0.39, 0.29) is 28.0 Å². The molecular formula is C23H20Cl3NO4S. The van der Waals surface area contributed by atoms with Gasteiger partial charge in [0.05, 0.1) is 15.6 Å². The van der Waals surface area contributed by atoms with Crippen LogP contribution < -0.4 is 4.74 Å². The van der Waals surface area contributed by atoms with E-state index in [1.54, 1.807) is 24.3 Å². The smallest absolute Gasteiger partial charge is 0.347 e. The van der Waals surface area contributed by atoms with E-state index in [1.165, 1.54) is 25.2 Å². The molecule has 0 aliphatic rings. The van der Waals surface area contributed by atoms with Gasteiger partial charge in [-0.3, -0.25) is 4.79 Å². The second-order valence-corrected chi connectivity index (χ2v) is 9.82. The van der Waals surface area contributed by atoms with Gasteiger partial charge in [0.15, 0.2) is 11.4 Å². The zero-order chi connectivity index (χ0) is 23.6. The lowest BCUT2D eigenvalue weighted by atomic mass is 10.1. The number of carbonyl (C=O) groups is 2. The summed E-state index contributed by atoms with van der Waals surface area (Å²) in [5.41, 5.74) is 0.784. The molecule has 0 atom stereocenters. The summed E-state index contributed by atoms with van der Waals surface area (Å²) in [6.07, 6.45) is 0.591. The number of hydrogen-bond acceptors (Lipinski definition) is 5. The fraction of sp³-hybridized carbons (Fsp3) is 0.261. The number of hydrogen-bond donors (Lipinski definition) is 1. The minimum atomic E-state index is -1.46. The minimum absolute atomic E-state index is 0.0419. The van der Waals surface area contributed by atoms with Gasteiger partial charge in [0.2, 0.25) is 0 Å². The Kier molecular flexibility index (Phi) is 7.50. The maximum Gasteiger partial charge on any atom is 0.347 e. The van der Waals surface area contributed by atoms with Gasteiger partial charge in [0.25, 0.3) is 0 Å². The highest BCUT2D eigenvalue weighted by Crippen LogP contribution is 2.37. The molecule has 0 saturated heterocycles. The summed E-state index contributed by atoms with van der Waals surface area (Å²) in [5.74, 6) is -0.998. The average Bonchev–Trinajstić information content (AvgIpc) is 3.12. The largest absolute Gasteiger partial charge is 0.478 e. The van der Waals surface area contributed by atoms with E-state index in [1.807, 2.05) is 19.1 Å². The van der Waals surface area contributed by atoms with E-state index < -0.39 is 11.6 Å². The third-order valence-electron chi connectivity index (χ3n) is 4.77. The standard InChI is InChI=1S/C23H20Cl3NO4S/c1-12-20(32-21(27-12)14-4-8-15(24)9-5-14)16(28)10-6-13-7-11-17(19(26)18(13)25)31-23(2,3)22(29)30/h4-5,7-9,11H,6,10H2,1-3H3,(H,29,30). The van der Waals surface area contributed by atoms with Crippen LogP contribution in [0, 0.1) is 6.92 Å². The van der Waals surface area contributed by atoms with E-state index >= 15 is 0 Å². The zero-order valence-electron chi connectivity index (χ0n) is 17.5. The number of ether oxygens (including phenoxy) is 1. The third-order valence-corrected chi connectivity index (χ3v) is 7.17. The molecule has 0 radical (unpaired) electrons. The number of aryl methyl sites for hydroxylation is 2. The molecule has 3 aromatic rings. The molecule has 1 heterocycles. The van der Waals surface area contributed by atoms with Crippen molar-refractivity contribution in [3.63, 3.8) is 0 Å². The second-order valence-electron chi connectivity index (χ2n) is 7.63. The molecule has 0 bridgehead atoms. The number of aliphatic carboxylic acids is 1. The molecule has 0 spiro atoms. The lowest BCUT2D eigenvalue weighted by molar-refractivity contribution is -0.152. The van der Waals surface area contributed by atoms with Crippen molar-refractivity contribution in [2.24, 2.45) is 0 Å². The first-order valence-corrected chi connectivity index (χ1v) is 11.6. The summed E-state index contributed by atoms with van der Waals surface area (Å²) in [4.78, 5) is 29.3. The molecule has 0 unspecified atom stereocenters. The van der Waals surface area contributed by atoms with Crippen LogP contribution >= 0.6 is 46.1 Å². The summed E-state index contributed by atoms with van der Waals surface area (Å²) in [7, 11) is 0. The highest BCUT2D eigenvalue weighted by molar-refractivity contribution is 7.17. The van der Waals surface area contributed by atoms with Crippen LogP contribution in [0.25, 0.3) is 10.6 Å². The summed E-state index contributed by atoms with van der Waals surface area (Å²) in [6, 6.07) is 10.6. The van der Waals surface area contributed by atoms with Gasteiger partial charge in [0, 0.05) is 17.0 Å². The maximum atomic E-state index is 12.8. The normalized spacial score (nSPS) is 11.4. The summed E-state index contributed by atoms with van der Waals surface area (Å²) < 4.78 is 5.49. The molecule has 2 aromatic carbocycles. The van der Waals surface area contributed by atoms with E-state index in [0.29, 0.717) is 27.6 Å². The van der Waals surface area contributed by atoms with Gasteiger partial charge in [-0.25, -0.2) is 9.78 Å². The van der Waals surface area contributed by atoms with Crippen LogP contribution in [0.3, 0.4) is 0 Å². The van der Waals surface area contributed by atoms with Crippen molar-refractivity contribution in [3.8, 4) is 16.3 Å². The van der Waals surface area contributed by atoms with Gasteiger partial charge in [-0.15, -0.1) is 11.3 Å². The van der Waals surface area contributed by atoms with E-state index in [0.717, 1.165) is 10.6 Å². The van der Waals surface area contributed by atoms with Crippen LogP contribution in [-0.2, 0) is 11.2 Å². The first-order valence-electron chi connectivity index (χ1n) is 9.65. The molecule has 0 saturated carbocycles. The molecule has 0 fully saturated rings. The lowest BCUT2D eigenvalue weighted by Crippen LogP contribution is -2.38. The van der Waals surface area contributed by atoms with Crippen molar-refractivity contribution in [2.45, 2.75) is 39.2 Å². The van der Waals surface area contributed by atoms with Gasteiger partial charge in [0.1, 0.15) is 15.8 Å². The first kappa shape index (κ1) is 24.5. The van der Waals surface area contributed by atoms with Crippen LogP contribution in [-0.4, -0.2) is 27.4 Å². The minimum Gasteiger partial charge on any atom is -0.478 e. The summed E-state index contributed by atoms with van der Waals surface area (Å²) in [5, 5.41) is 11.0. The third kappa shape index (κ3) is 5.44. The van der Waals surface area contributed by atoms with E-state index in [2.05, 4.69) is 4.98 Å². The number of thiazole rings is 1. The number of Topliss-reactive ketones (excluding diaryl/α,β-unsaturated/α-hetero) is 1. The number of halogens is 3. The first-order chi connectivity index (χ1) is 15.0. The molecule has 5 nitrogen and oxygen atoms in total. The zero-order valence-corrected chi connectivity index (χ0v) is 20.6. The van der Waals surface area contributed by atoms with Crippen molar-refractivity contribution < 1.29 is 19.4 Å². The topological polar surface area (TPSA) is 76.5 Å². The monoisotopic (exact) mass is 511 g/mol. The quantitative estimate of drug-likeness (QED) is 0.325. The molecule has 0 amide bonds. The van der Waals surface area contributed by atoms with Gasteiger partial charge >= 0.3 is 5.97 Å². The van der Waals surface area contributed by atoms with Gasteiger partial charge < -0.3 is 9.84 Å². The van der Waals surface area contributed by atoms with Crippen molar-refractivity contribution >= 4 is 57.9 Å². The van der Waals surface area contributed by atoms with Crippen LogP contribution in [0.2, 0.25) is 15.1 Å². The Morgan fingerprint density at radius 1 is 1.06 bits per heavy atom. The van der Waals surface area contributed by atoms with E-state index in [4.69, 9.17) is 39.5 Å². The van der Waals surface area contributed by atoms with Crippen molar-refractivity contribution in [3.05, 3.63) is 67.6 Å². The maximum absolute atomic E-state index is 12.8. The number of ketones is 1. The number of carbonyl (C=O) groups excluding carboxylic acids is 1. The summed E-state index contributed by atoms with van der Waals surface area (Å²) >= 11 is 20.0. The number of carboxylic acid groups (broad SMARTS) is 1. The van der Waals surface area contributed by atoms with Crippen LogP contribution in [0.5, 0.6) is 5.75 Å². The Morgan fingerprint density at radius 3 is 2.34 bits per heavy atom. The number of nitrogens with zero attached hydrogens (tertiary/aromatic N) is 1. The van der Waals surface area contributed by atoms with E-state index in [9.17, 15) is 14.7 Å². The molecule has 168 valence electrons. The van der Waals surface area contributed by atoms with Gasteiger partial charge in [-0.1, -0.05) is 53.0 Å². The van der Waals surface area contributed by atoms with Crippen LogP contribution in [0.1, 0.15) is 41.2 Å². The lowest BCUT2D eigenvalue weighted by Gasteiger charge is -2.23.